The second kappa shape index (κ2) is 7.09. The van der Waals surface area contributed by atoms with Gasteiger partial charge in [0.1, 0.15) is 11.9 Å². The summed E-state index contributed by atoms with van der Waals surface area (Å²) >= 11 is 0. The standard InChI is InChI=1S/C17H27NO2/c1-12(2)9-16(18)17(11-19)20-15-8-7-13-5-3-4-6-14(13)10-15/h7-8,10,12,16-17,19H,3-6,9,11,18H2,1-2H3. The maximum Gasteiger partial charge on any atom is 0.137 e. The maximum absolute atomic E-state index is 9.50. The number of ether oxygens (including phenoxy) is 1. The predicted molar refractivity (Wildman–Crippen MR) is 82.0 cm³/mol. The normalized spacial score (nSPS) is 17.6. The number of nitrogens with two attached hydrogens (primary N) is 1. The molecule has 0 bridgehead atoms. The number of fused-ring (bicyclic) bond motifs is 1. The van der Waals surface area contributed by atoms with Crippen LogP contribution in [-0.4, -0.2) is 23.9 Å². The van der Waals surface area contributed by atoms with E-state index in [1.54, 1.807) is 0 Å². The van der Waals surface area contributed by atoms with Crippen molar-refractivity contribution in [1.82, 2.24) is 0 Å². The van der Waals surface area contributed by atoms with Crippen molar-refractivity contribution < 1.29 is 9.84 Å². The Morgan fingerprint density at radius 2 is 1.90 bits per heavy atom. The number of aliphatic hydroxyl groups excluding tert-OH is 1. The highest BCUT2D eigenvalue weighted by Crippen LogP contribution is 2.26. The molecule has 0 saturated heterocycles. The first kappa shape index (κ1) is 15.3. The quantitative estimate of drug-likeness (QED) is 0.840. The first-order valence-electron chi connectivity index (χ1n) is 7.75. The molecule has 1 aliphatic rings. The lowest BCUT2D eigenvalue weighted by Gasteiger charge is -2.25. The van der Waals surface area contributed by atoms with Crippen LogP contribution in [0.5, 0.6) is 5.75 Å². The van der Waals surface area contributed by atoms with Crippen LogP contribution in [0.1, 0.15) is 44.2 Å². The summed E-state index contributed by atoms with van der Waals surface area (Å²) in [6, 6.07) is 6.16. The summed E-state index contributed by atoms with van der Waals surface area (Å²) in [5.74, 6) is 1.34. The molecule has 20 heavy (non-hydrogen) atoms. The van der Waals surface area contributed by atoms with Gasteiger partial charge in [-0.15, -0.1) is 0 Å². The Bertz CT molecular complexity index is 431. The summed E-state index contributed by atoms with van der Waals surface area (Å²) in [5.41, 5.74) is 8.96. The van der Waals surface area contributed by atoms with Crippen molar-refractivity contribution in [3.05, 3.63) is 29.3 Å². The van der Waals surface area contributed by atoms with E-state index in [0.717, 1.165) is 18.6 Å². The summed E-state index contributed by atoms with van der Waals surface area (Å²) in [4.78, 5) is 0. The van der Waals surface area contributed by atoms with E-state index in [4.69, 9.17) is 10.5 Å². The summed E-state index contributed by atoms with van der Waals surface area (Å²) in [6.45, 7) is 4.23. The van der Waals surface area contributed by atoms with Crippen molar-refractivity contribution in [3.63, 3.8) is 0 Å². The van der Waals surface area contributed by atoms with Crippen molar-refractivity contribution >= 4 is 0 Å². The summed E-state index contributed by atoms with van der Waals surface area (Å²) < 4.78 is 5.92. The highest BCUT2D eigenvalue weighted by molar-refractivity contribution is 5.37. The lowest BCUT2D eigenvalue weighted by atomic mass is 9.92. The number of benzene rings is 1. The monoisotopic (exact) mass is 277 g/mol. The minimum atomic E-state index is -0.320. The molecule has 1 aromatic carbocycles. The van der Waals surface area contributed by atoms with Gasteiger partial charge in [0.15, 0.2) is 0 Å². The second-order valence-electron chi connectivity index (χ2n) is 6.27. The van der Waals surface area contributed by atoms with Crippen molar-refractivity contribution in [2.45, 2.75) is 58.1 Å². The Kier molecular flexibility index (Phi) is 5.44. The Hall–Kier alpha value is -1.06. The predicted octanol–water partition coefficient (Wildman–Crippen LogP) is 2.68. The molecule has 2 rings (SSSR count). The van der Waals surface area contributed by atoms with Crippen LogP contribution >= 0.6 is 0 Å². The van der Waals surface area contributed by atoms with Crippen LogP contribution in [-0.2, 0) is 12.8 Å². The molecular formula is C17H27NO2. The average molecular weight is 277 g/mol. The van der Waals surface area contributed by atoms with Crippen LogP contribution in [0.2, 0.25) is 0 Å². The molecule has 0 saturated carbocycles. The topological polar surface area (TPSA) is 55.5 Å². The molecule has 3 N–H and O–H groups in total. The van der Waals surface area contributed by atoms with Crippen LogP contribution in [0.4, 0.5) is 0 Å². The van der Waals surface area contributed by atoms with Crippen LogP contribution in [0, 0.1) is 5.92 Å². The lowest BCUT2D eigenvalue weighted by Crippen LogP contribution is -2.42. The Morgan fingerprint density at radius 1 is 1.20 bits per heavy atom. The zero-order valence-corrected chi connectivity index (χ0v) is 12.6. The summed E-state index contributed by atoms with van der Waals surface area (Å²) in [6.07, 6.45) is 5.38. The van der Waals surface area contributed by atoms with Gasteiger partial charge in [-0.05, 0) is 61.3 Å². The minimum Gasteiger partial charge on any atom is -0.486 e. The van der Waals surface area contributed by atoms with Gasteiger partial charge in [-0.3, -0.25) is 0 Å². The minimum absolute atomic E-state index is 0.0367. The molecule has 112 valence electrons. The first-order chi connectivity index (χ1) is 9.60. The van der Waals surface area contributed by atoms with E-state index in [2.05, 4.69) is 26.0 Å². The van der Waals surface area contributed by atoms with Crippen molar-refractivity contribution in [3.8, 4) is 5.75 Å². The first-order valence-corrected chi connectivity index (χ1v) is 7.75. The fourth-order valence-corrected chi connectivity index (χ4v) is 2.91. The van der Waals surface area contributed by atoms with Crippen molar-refractivity contribution in [1.29, 1.82) is 0 Å². The van der Waals surface area contributed by atoms with Crippen LogP contribution in [0.3, 0.4) is 0 Å². The molecule has 0 radical (unpaired) electrons. The average Bonchev–Trinajstić information content (AvgIpc) is 2.43. The molecule has 1 aliphatic carbocycles. The van der Waals surface area contributed by atoms with E-state index in [0.29, 0.717) is 5.92 Å². The molecule has 0 amide bonds. The van der Waals surface area contributed by atoms with E-state index >= 15 is 0 Å². The zero-order chi connectivity index (χ0) is 14.5. The molecular weight excluding hydrogens is 250 g/mol. The zero-order valence-electron chi connectivity index (χ0n) is 12.6. The number of aliphatic hydroxyl groups is 1. The van der Waals surface area contributed by atoms with E-state index in [-0.39, 0.29) is 18.8 Å². The molecule has 3 nitrogen and oxygen atoms in total. The van der Waals surface area contributed by atoms with Gasteiger partial charge < -0.3 is 15.6 Å². The molecule has 3 heteroatoms. The van der Waals surface area contributed by atoms with E-state index in [9.17, 15) is 5.11 Å². The van der Waals surface area contributed by atoms with Gasteiger partial charge in [-0.1, -0.05) is 19.9 Å². The molecule has 0 heterocycles. The van der Waals surface area contributed by atoms with Crippen LogP contribution < -0.4 is 10.5 Å². The van der Waals surface area contributed by atoms with Crippen LogP contribution in [0.25, 0.3) is 0 Å². The van der Waals surface area contributed by atoms with Gasteiger partial charge in [0, 0.05) is 6.04 Å². The Balaban J connectivity index is 2.03. The third kappa shape index (κ3) is 3.97. The third-order valence-corrected chi connectivity index (χ3v) is 4.01. The largest absolute Gasteiger partial charge is 0.486 e. The van der Waals surface area contributed by atoms with Gasteiger partial charge in [0.05, 0.1) is 6.61 Å². The van der Waals surface area contributed by atoms with Gasteiger partial charge in [-0.2, -0.15) is 0 Å². The third-order valence-electron chi connectivity index (χ3n) is 4.01. The highest BCUT2D eigenvalue weighted by atomic mass is 16.5. The van der Waals surface area contributed by atoms with Gasteiger partial charge in [-0.25, -0.2) is 0 Å². The van der Waals surface area contributed by atoms with Gasteiger partial charge in [0.2, 0.25) is 0 Å². The maximum atomic E-state index is 9.50. The molecule has 0 fully saturated rings. The smallest absolute Gasteiger partial charge is 0.137 e. The fourth-order valence-electron chi connectivity index (χ4n) is 2.91. The molecule has 0 spiro atoms. The van der Waals surface area contributed by atoms with Crippen molar-refractivity contribution in [2.75, 3.05) is 6.61 Å². The Labute approximate surface area is 122 Å². The number of rotatable bonds is 6. The van der Waals surface area contributed by atoms with Crippen LogP contribution in [0.15, 0.2) is 18.2 Å². The molecule has 0 aliphatic heterocycles. The van der Waals surface area contributed by atoms with Gasteiger partial charge >= 0.3 is 0 Å². The highest BCUT2D eigenvalue weighted by Gasteiger charge is 2.20. The van der Waals surface area contributed by atoms with Crippen molar-refractivity contribution in [2.24, 2.45) is 11.7 Å². The number of hydrogen-bond donors (Lipinski definition) is 2. The lowest BCUT2D eigenvalue weighted by molar-refractivity contribution is 0.0881. The molecule has 2 atom stereocenters. The number of hydrogen-bond acceptors (Lipinski definition) is 3. The van der Waals surface area contributed by atoms with E-state index < -0.39 is 0 Å². The van der Waals surface area contributed by atoms with Gasteiger partial charge in [0.25, 0.3) is 0 Å². The fraction of sp³-hybridized carbons (Fsp3) is 0.647. The summed E-state index contributed by atoms with van der Waals surface area (Å²) in [5, 5.41) is 9.50. The SMILES string of the molecule is CC(C)CC(N)C(CO)Oc1ccc2c(c1)CCCC2. The van der Waals surface area contributed by atoms with E-state index in [1.165, 1.54) is 30.4 Å². The van der Waals surface area contributed by atoms with E-state index in [1.807, 2.05) is 6.07 Å². The number of aryl methyl sites for hydroxylation is 2. The second-order valence-corrected chi connectivity index (χ2v) is 6.27. The Morgan fingerprint density at radius 3 is 2.55 bits per heavy atom. The molecule has 1 aromatic rings. The summed E-state index contributed by atoms with van der Waals surface area (Å²) in [7, 11) is 0. The molecule has 0 aromatic heterocycles. The molecule has 2 unspecified atom stereocenters.